The van der Waals surface area contributed by atoms with Gasteiger partial charge in [-0.15, -0.1) is 0 Å². The summed E-state index contributed by atoms with van der Waals surface area (Å²) in [5.41, 5.74) is 1.69. The summed E-state index contributed by atoms with van der Waals surface area (Å²) >= 11 is 0. The number of hydrogen-bond acceptors (Lipinski definition) is 3. The molecule has 2 rings (SSSR count). The zero-order chi connectivity index (χ0) is 14.5. The third kappa shape index (κ3) is 3.45. The Hall–Kier alpha value is -1.69. The van der Waals surface area contributed by atoms with Crippen molar-refractivity contribution < 1.29 is 18.3 Å². The van der Waals surface area contributed by atoms with Crippen LogP contribution in [0.5, 0.6) is 5.75 Å². The number of amides is 1. The van der Waals surface area contributed by atoms with Crippen molar-refractivity contribution in [3.8, 4) is 5.75 Å². The summed E-state index contributed by atoms with van der Waals surface area (Å²) in [5.74, 6) is 0.186. The summed E-state index contributed by atoms with van der Waals surface area (Å²) in [5, 5.41) is 2.94. The second kappa shape index (κ2) is 6.65. The minimum atomic E-state index is -2.83. The van der Waals surface area contributed by atoms with Crippen LogP contribution in [0.2, 0.25) is 0 Å². The SMILES string of the molecule is CNCCC(=O)N1CCCc2cc(OC(F)F)ccc21. The molecule has 0 saturated heterocycles. The maximum atomic E-state index is 12.2. The number of nitrogens with one attached hydrogen (secondary N) is 1. The molecule has 4 nitrogen and oxygen atoms in total. The first kappa shape index (κ1) is 14.7. The number of ether oxygens (including phenoxy) is 1. The van der Waals surface area contributed by atoms with E-state index in [1.54, 1.807) is 24.1 Å². The quantitative estimate of drug-likeness (QED) is 0.901. The fourth-order valence-corrected chi connectivity index (χ4v) is 2.38. The van der Waals surface area contributed by atoms with Crippen LogP contribution >= 0.6 is 0 Å². The van der Waals surface area contributed by atoms with Crippen LogP contribution in [0.4, 0.5) is 14.5 Å². The van der Waals surface area contributed by atoms with Gasteiger partial charge in [0, 0.05) is 25.2 Å². The van der Waals surface area contributed by atoms with E-state index in [0.29, 0.717) is 19.5 Å². The average molecular weight is 284 g/mol. The molecule has 1 heterocycles. The lowest BCUT2D eigenvalue weighted by atomic mass is 10.0. The molecule has 0 radical (unpaired) electrons. The number of hydrogen-bond donors (Lipinski definition) is 1. The molecule has 0 aromatic heterocycles. The van der Waals surface area contributed by atoms with Crippen LogP contribution in [0.25, 0.3) is 0 Å². The van der Waals surface area contributed by atoms with Gasteiger partial charge in [0.15, 0.2) is 0 Å². The van der Waals surface area contributed by atoms with Gasteiger partial charge in [0.05, 0.1) is 0 Å². The van der Waals surface area contributed by atoms with Crippen molar-refractivity contribution in [3.05, 3.63) is 23.8 Å². The molecule has 1 amide bonds. The number of carbonyl (C=O) groups excluding carboxylic acids is 1. The van der Waals surface area contributed by atoms with Gasteiger partial charge in [-0.3, -0.25) is 4.79 Å². The lowest BCUT2D eigenvalue weighted by Crippen LogP contribution is -2.36. The molecule has 1 N–H and O–H groups in total. The van der Waals surface area contributed by atoms with Gasteiger partial charge in [-0.2, -0.15) is 8.78 Å². The van der Waals surface area contributed by atoms with E-state index in [2.05, 4.69) is 10.1 Å². The third-order valence-electron chi connectivity index (χ3n) is 3.28. The summed E-state index contributed by atoms with van der Waals surface area (Å²) < 4.78 is 28.8. The Kier molecular flexibility index (Phi) is 4.89. The first-order chi connectivity index (χ1) is 9.61. The van der Waals surface area contributed by atoms with E-state index in [9.17, 15) is 13.6 Å². The number of rotatable bonds is 5. The largest absolute Gasteiger partial charge is 0.435 e. The molecule has 1 aliphatic rings. The monoisotopic (exact) mass is 284 g/mol. The topological polar surface area (TPSA) is 41.6 Å². The Balaban J connectivity index is 2.17. The van der Waals surface area contributed by atoms with Crippen LogP contribution in [-0.4, -0.2) is 32.7 Å². The molecule has 1 aromatic rings. The summed E-state index contributed by atoms with van der Waals surface area (Å²) in [4.78, 5) is 13.8. The Morgan fingerprint density at radius 1 is 1.50 bits per heavy atom. The number of aryl methyl sites for hydroxylation is 1. The number of benzene rings is 1. The van der Waals surface area contributed by atoms with Crippen LogP contribution in [0, 0.1) is 0 Å². The lowest BCUT2D eigenvalue weighted by Gasteiger charge is -2.30. The van der Waals surface area contributed by atoms with Crippen molar-refractivity contribution >= 4 is 11.6 Å². The predicted octanol–water partition coefficient (Wildman–Crippen LogP) is 2.18. The summed E-state index contributed by atoms with van der Waals surface area (Å²) in [7, 11) is 1.80. The Morgan fingerprint density at radius 2 is 2.30 bits per heavy atom. The highest BCUT2D eigenvalue weighted by Crippen LogP contribution is 2.31. The first-order valence-electron chi connectivity index (χ1n) is 6.64. The van der Waals surface area contributed by atoms with Crippen molar-refractivity contribution in [2.24, 2.45) is 0 Å². The maximum absolute atomic E-state index is 12.2. The number of anilines is 1. The van der Waals surface area contributed by atoms with Gasteiger partial charge in [-0.1, -0.05) is 0 Å². The van der Waals surface area contributed by atoms with Crippen molar-refractivity contribution in [2.75, 3.05) is 25.0 Å². The van der Waals surface area contributed by atoms with E-state index in [0.717, 1.165) is 24.1 Å². The highest BCUT2D eigenvalue weighted by atomic mass is 19.3. The Bertz CT molecular complexity index is 480. The number of halogens is 2. The Labute approximate surface area is 116 Å². The molecule has 1 aromatic carbocycles. The molecule has 110 valence electrons. The van der Waals surface area contributed by atoms with Gasteiger partial charge >= 0.3 is 6.61 Å². The van der Waals surface area contributed by atoms with E-state index in [1.807, 2.05) is 0 Å². The second-order valence-electron chi connectivity index (χ2n) is 4.67. The Morgan fingerprint density at radius 3 is 3.00 bits per heavy atom. The van der Waals surface area contributed by atoms with Crippen LogP contribution in [0.3, 0.4) is 0 Å². The lowest BCUT2D eigenvalue weighted by molar-refractivity contribution is -0.118. The standard InChI is InChI=1S/C14H18F2N2O2/c1-17-7-6-13(19)18-8-2-3-10-9-11(20-14(15)16)4-5-12(10)18/h4-5,9,14,17H,2-3,6-8H2,1H3. The molecule has 0 spiro atoms. The molecule has 6 heteroatoms. The zero-order valence-corrected chi connectivity index (χ0v) is 11.4. The fourth-order valence-electron chi connectivity index (χ4n) is 2.38. The van der Waals surface area contributed by atoms with Crippen LogP contribution in [-0.2, 0) is 11.2 Å². The van der Waals surface area contributed by atoms with Crippen molar-refractivity contribution in [2.45, 2.75) is 25.9 Å². The van der Waals surface area contributed by atoms with Crippen molar-refractivity contribution in [3.63, 3.8) is 0 Å². The van der Waals surface area contributed by atoms with Crippen LogP contribution in [0.15, 0.2) is 18.2 Å². The number of nitrogens with zero attached hydrogens (tertiary/aromatic N) is 1. The average Bonchev–Trinajstić information content (AvgIpc) is 2.43. The summed E-state index contributed by atoms with van der Waals surface area (Å²) in [6.07, 6.45) is 2.02. The van der Waals surface area contributed by atoms with Gasteiger partial charge in [0.1, 0.15) is 5.75 Å². The normalized spacial score (nSPS) is 14.3. The van der Waals surface area contributed by atoms with Gasteiger partial charge in [0.25, 0.3) is 0 Å². The minimum absolute atomic E-state index is 0.0443. The van der Waals surface area contributed by atoms with Crippen LogP contribution < -0.4 is 15.0 Å². The minimum Gasteiger partial charge on any atom is -0.435 e. The third-order valence-corrected chi connectivity index (χ3v) is 3.28. The van der Waals surface area contributed by atoms with Gasteiger partial charge in [-0.25, -0.2) is 0 Å². The highest BCUT2D eigenvalue weighted by Gasteiger charge is 2.22. The predicted molar refractivity (Wildman–Crippen MR) is 72.3 cm³/mol. The zero-order valence-electron chi connectivity index (χ0n) is 11.4. The summed E-state index contributed by atoms with van der Waals surface area (Å²) in [6.45, 7) is -1.54. The van der Waals surface area contributed by atoms with Gasteiger partial charge in [-0.05, 0) is 43.7 Å². The van der Waals surface area contributed by atoms with E-state index in [-0.39, 0.29) is 11.7 Å². The van der Waals surface area contributed by atoms with E-state index < -0.39 is 6.61 Å². The van der Waals surface area contributed by atoms with Crippen molar-refractivity contribution in [1.29, 1.82) is 0 Å². The molecule has 0 saturated carbocycles. The van der Waals surface area contributed by atoms with Crippen molar-refractivity contribution in [1.82, 2.24) is 5.32 Å². The molecule has 0 aliphatic carbocycles. The molecule has 0 unspecified atom stereocenters. The smallest absolute Gasteiger partial charge is 0.387 e. The summed E-state index contributed by atoms with van der Waals surface area (Å²) in [6, 6.07) is 4.76. The molecule has 20 heavy (non-hydrogen) atoms. The molecular weight excluding hydrogens is 266 g/mol. The van der Waals surface area contributed by atoms with E-state index >= 15 is 0 Å². The van der Waals surface area contributed by atoms with Gasteiger partial charge < -0.3 is 15.0 Å². The van der Waals surface area contributed by atoms with Gasteiger partial charge in [0.2, 0.25) is 5.91 Å². The fraction of sp³-hybridized carbons (Fsp3) is 0.500. The molecule has 1 aliphatic heterocycles. The molecular formula is C14H18F2N2O2. The molecule has 0 bridgehead atoms. The number of carbonyl (C=O) groups is 1. The maximum Gasteiger partial charge on any atom is 0.387 e. The highest BCUT2D eigenvalue weighted by molar-refractivity contribution is 5.94. The van der Waals surface area contributed by atoms with Crippen LogP contribution in [0.1, 0.15) is 18.4 Å². The van der Waals surface area contributed by atoms with E-state index in [4.69, 9.17) is 0 Å². The second-order valence-corrected chi connectivity index (χ2v) is 4.67. The number of alkyl halides is 2. The van der Waals surface area contributed by atoms with E-state index in [1.165, 1.54) is 6.07 Å². The first-order valence-corrected chi connectivity index (χ1v) is 6.64. The molecule has 0 fully saturated rings. The number of fused-ring (bicyclic) bond motifs is 1. The molecule has 0 atom stereocenters.